The molecule has 7 nitrogen and oxygen atoms in total. The molecule has 2 aliphatic heterocycles. The van der Waals surface area contributed by atoms with Crippen LogP contribution in [-0.2, 0) is 18.8 Å². The first-order valence-corrected chi connectivity index (χ1v) is 10.5. The van der Waals surface area contributed by atoms with Gasteiger partial charge in [0.15, 0.2) is 0 Å². The average molecular weight is 417 g/mol. The standard InChI is InChI=1S/C22H32BNO6/c1-20(2,3)28-19(26)24-14-8-9-17(24)18(25)27-16-12-10-15(11-13-16)23-29-21(4,5)22(6,7)30-23/h10-13,17H,8-9,14H2,1-7H3. The largest absolute Gasteiger partial charge is 0.494 e. The molecule has 8 heteroatoms. The predicted octanol–water partition coefficient (Wildman–Crippen LogP) is 3.29. The highest BCUT2D eigenvalue weighted by molar-refractivity contribution is 6.62. The van der Waals surface area contributed by atoms with Gasteiger partial charge in [0.2, 0.25) is 0 Å². The summed E-state index contributed by atoms with van der Waals surface area (Å²) >= 11 is 0. The number of carbonyl (C=O) groups is 2. The molecule has 1 amide bonds. The molecule has 1 atom stereocenters. The Hall–Kier alpha value is -2.06. The molecular formula is C22H32BNO6. The Balaban J connectivity index is 1.63. The monoisotopic (exact) mass is 417 g/mol. The van der Waals surface area contributed by atoms with Crippen LogP contribution >= 0.6 is 0 Å². The Morgan fingerprint density at radius 3 is 2.17 bits per heavy atom. The fourth-order valence-electron chi connectivity index (χ4n) is 3.41. The molecule has 0 aromatic heterocycles. The molecule has 0 spiro atoms. The van der Waals surface area contributed by atoms with E-state index in [4.69, 9.17) is 18.8 Å². The van der Waals surface area contributed by atoms with Crippen LogP contribution in [0.15, 0.2) is 24.3 Å². The lowest BCUT2D eigenvalue weighted by atomic mass is 9.79. The molecule has 0 bridgehead atoms. The third-order valence-corrected chi connectivity index (χ3v) is 5.78. The molecule has 2 saturated heterocycles. The minimum absolute atomic E-state index is 0.413. The number of benzene rings is 1. The van der Waals surface area contributed by atoms with Gasteiger partial charge in [-0.2, -0.15) is 0 Å². The highest BCUT2D eigenvalue weighted by atomic mass is 16.7. The number of carbonyl (C=O) groups excluding carboxylic acids is 2. The third-order valence-electron chi connectivity index (χ3n) is 5.78. The summed E-state index contributed by atoms with van der Waals surface area (Å²) in [5, 5.41) is 0. The van der Waals surface area contributed by atoms with Crippen LogP contribution in [0.4, 0.5) is 4.79 Å². The van der Waals surface area contributed by atoms with Crippen molar-refractivity contribution in [2.45, 2.75) is 84.2 Å². The van der Waals surface area contributed by atoms with Gasteiger partial charge in [-0.3, -0.25) is 4.90 Å². The number of amides is 1. The average Bonchev–Trinajstić information content (AvgIpc) is 3.17. The van der Waals surface area contributed by atoms with Gasteiger partial charge in [-0.05, 0) is 78.9 Å². The topological polar surface area (TPSA) is 74.3 Å². The van der Waals surface area contributed by atoms with E-state index in [9.17, 15) is 9.59 Å². The number of hydrogen-bond donors (Lipinski definition) is 0. The van der Waals surface area contributed by atoms with Crippen LogP contribution in [0, 0.1) is 0 Å². The second-order valence-corrected chi connectivity index (χ2v) is 9.91. The fraction of sp³-hybridized carbons (Fsp3) is 0.636. The van der Waals surface area contributed by atoms with E-state index in [1.54, 1.807) is 32.9 Å². The Kier molecular flexibility index (Phi) is 5.95. The molecule has 0 radical (unpaired) electrons. The van der Waals surface area contributed by atoms with Gasteiger partial charge >= 0.3 is 19.2 Å². The zero-order valence-electron chi connectivity index (χ0n) is 19.0. The van der Waals surface area contributed by atoms with E-state index in [0.29, 0.717) is 18.7 Å². The maximum absolute atomic E-state index is 12.7. The quantitative estimate of drug-likeness (QED) is 0.427. The van der Waals surface area contributed by atoms with Crippen molar-refractivity contribution >= 4 is 24.6 Å². The first-order chi connectivity index (χ1) is 13.8. The van der Waals surface area contributed by atoms with Crippen molar-refractivity contribution < 1.29 is 28.4 Å². The van der Waals surface area contributed by atoms with Crippen LogP contribution in [0.25, 0.3) is 0 Å². The van der Waals surface area contributed by atoms with E-state index in [1.807, 2.05) is 39.8 Å². The molecule has 2 fully saturated rings. The molecule has 1 unspecified atom stereocenters. The van der Waals surface area contributed by atoms with Crippen molar-refractivity contribution in [2.24, 2.45) is 0 Å². The van der Waals surface area contributed by atoms with E-state index in [1.165, 1.54) is 4.90 Å². The lowest BCUT2D eigenvalue weighted by Gasteiger charge is -2.32. The van der Waals surface area contributed by atoms with Crippen molar-refractivity contribution in [3.8, 4) is 5.75 Å². The van der Waals surface area contributed by atoms with E-state index in [2.05, 4.69) is 0 Å². The van der Waals surface area contributed by atoms with Crippen LogP contribution < -0.4 is 10.2 Å². The Labute approximate surface area is 179 Å². The van der Waals surface area contributed by atoms with Gasteiger partial charge in [0.05, 0.1) is 11.2 Å². The molecule has 30 heavy (non-hydrogen) atoms. The Morgan fingerprint density at radius 2 is 1.63 bits per heavy atom. The maximum atomic E-state index is 12.7. The van der Waals surface area contributed by atoms with Gasteiger partial charge in [-0.1, -0.05) is 12.1 Å². The molecule has 164 valence electrons. The van der Waals surface area contributed by atoms with Gasteiger partial charge in [0.25, 0.3) is 0 Å². The fourth-order valence-corrected chi connectivity index (χ4v) is 3.41. The van der Waals surface area contributed by atoms with Crippen molar-refractivity contribution in [1.29, 1.82) is 0 Å². The number of rotatable bonds is 3. The zero-order valence-corrected chi connectivity index (χ0v) is 19.0. The summed E-state index contributed by atoms with van der Waals surface area (Å²) in [7, 11) is -0.475. The molecule has 0 N–H and O–H groups in total. The highest BCUT2D eigenvalue weighted by Gasteiger charge is 2.51. The summed E-state index contributed by atoms with van der Waals surface area (Å²) in [4.78, 5) is 26.5. The Bertz CT molecular complexity index is 783. The van der Waals surface area contributed by atoms with Crippen LogP contribution in [0.5, 0.6) is 5.75 Å². The Morgan fingerprint density at radius 1 is 1.07 bits per heavy atom. The van der Waals surface area contributed by atoms with Crippen molar-refractivity contribution in [3.05, 3.63) is 24.3 Å². The van der Waals surface area contributed by atoms with Crippen LogP contribution in [-0.4, -0.2) is 53.5 Å². The molecular weight excluding hydrogens is 385 g/mol. The molecule has 2 aliphatic rings. The first-order valence-electron chi connectivity index (χ1n) is 10.5. The summed E-state index contributed by atoms with van der Waals surface area (Å²) in [5.74, 6) is -0.0435. The van der Waals surface area contributed by atoms with Gasteiger partial charge in [-0.25, -0.2) is 9.59 Å². The first kappa shape index (κ1) is 22.6. The van der Waals surface area contributed by atoms with Gasteiger partial charge in [0.1, 0.15) is 17.4 Å². The third kappa shape index (κ3) is 4.81. The van der Waals surface area contributed by atoms with Crippen molar-refractivity contribution in [2.75, 3.05) is 6.54 Å². The van der Waals surface area contributed by atoms with Gasteiger partial charge < -0.3 is 18.8 Å². The number of hydrogen-bond acceptors (Lipinski definition) is 6. The lowest BCUT2D eigenvalue weighted by Crippen LogP contribution is -2.44. The van der Waals surface area contributed by atoms with Crippen molar-refractivity contribution in [3.63, 3.8) is 0 Å². The minimum Gasteiger partial charge on any atom is -0.444 e. The number of likely N-dealkylation sites (tertiary alicyclic amines) is 1. The van der Waals surface area contributed by atoms with Gasteiger partial charge in [0, 0.05) is 6.54 Å². The zero-order chi connectivity index (χ0) is 22.3. The van der Waals surface area contributed by atoms with Crippen LogP contribution in [0.1, 0.15) is 61.3 Å². The molecule has 0 aliphatic carbocycles. The smallest absolute Gasteiger partial charge is 0.444 e. The molecule has 0 saturated carbocycles. The summed E-state index contributed by atoms with van der Waals surface area (Å²) < 4.78 is 23.0. The summed E-state index contributed by atoms with van der Waals surface area (Å²) in [6.45, 7) is 13.9. The second-order valence-electron chi connectivity index (χ2n) is 9.91. The van der Waals surface area contributed by atoms with Gasteiger partial charge in [-0.15, -0.1) is 0 Å². The van der Waals surface area contributed by atoms with E-state index in [0.717, 1.165) is 11.9 Å². The molecule has 3 rings (SSSR count). The van der Waals surface area contributed by atoms with Crippen LogP contribution in [0.2, 0.25) is 0 Å². The predicted molar refractivity (Wildman–Crippen MR) is 114 cm³/mol. The van der Waals surface area contributed by atoms with E-state index >= 15 is 0 Å². The lowest BCUT2D eigenvalue weighted by molar-refractivity contribution is -0.139. The van der Waals surface area contributed by atoms with Crippen molar-refractivity contribution in [1.82, 2.24) is 4.90 Å². The number of nitrogens with zero attached hydrogens (tertiary/aromatic N) is 1. The summed E-state index contributed by atoms with van der Waals surface area (Å²) in [5.41, 5.74) is -0.603. The maximum Gasteiger partial charge on any atom is 0.494 e. The normalized spacial score (nSPS) is 22.8. The molecule has 1 aromatic rings. The molecule has 1 aromatic carbocycles. The van der Waals surface area contributed by atoms with E-state index < -0.39 is 42.0 Å². The summed E-state index contributed by atoms with van der Waals surface area (Å²) in [6.07, 6.45) is 0.808. The summed E-state index contributed by atoms with van der Waals surface area (Å²) in [6, 6.07) is 6.44. The molecule has 2 heterocycles. The number of ether oxygens (including phenoxy) is 2. The van der Waals surface area contributed by atoms with E-state index in [-0.39, 0.29) is 0 Å². The van der Waals surface area contributed by atoms with Crippen LogP contribution in [0.3, 0.4) is 0 Å². The second kappa shape index (κ2) is 7.89. The number of esters is 1. The minimum atomic E-state index is -0.636. The SMILES string of the molecule is CC(C)(C)OC(=O)N1CCCC1C(=O)Oc1ccc(B2OC(C)(C)C(C)(C)O2)cc1. The highest BCUT2D eigenvalue weighted by Crippen LogP contribution is 2.36.